The Balaban J connectivity index is 2.62. The lowest BCUT2D eigenvalue weighted by Gasteiger charge is -2.20. The fourth-order valence-corrected chi connectivity index (χ4v) is 0.979. The topological polar surface area (TPSA) is 64.8 Å². The molecule has 0 bridgehead atoms. The normalized spacial score (nSPS) is 12.2. The van der Waals surface area contributed by atoms with Gasteiger partial charge in [0.25, 0.3) is 0 Å². The Labute approximate surface area is 89.7 Å². The SMILES string of the molecule is CC(CNc1nnccc1C#N)N(C)C. The van der Waals surface area contributed by atoms with E-state index in [0.29, 0.717) is 17.4 Å². The molecule has 1 N–H and O–H groups in total. The van der Waals surface area contributed by atoms with Gasteiger partial charge < -0.3 is 10.2 Å². The van der Waals surface area contributed by atoms with Gasteiger partial charge in [-0.2, -0.15) is 10.4 Å². The Morgan fingerprint density at radius 3 is 2.93 bits per heavy atom. The predicted octanol–water partition coefficient (Wildman–Crippen LogP) is 0.710. The maximum absolute atomic E-state index is 8.82. The Kier molecular flexibility index (Phi) is 4.01. The molecule has 1 heterocycles. The first-order valence-electron chi connectivity index (χ1n) is 4.77. The summed E-state index contributed by atoms with van der Waals surface area (Å²) in [5.74, 6) is 0.550. The number of anilines is 1. The molecule has 15 heavy (non-hydrogen) atoms. The van der Waals surface area contributed by atoms with Crippen LogP contribution < -0.4 is 5.32 Å². The molecule has 0 aliphatic carbocycles. The van der Waals surface area contributed by atoms with E-state index in [-0.39, 0.29) is 0 Å². The largest absolute Gasteiger partial charge is 0.366 e. The monoisotopic (exact) mass is 205 g/mol. The van der Waals surface area contributed by atoms with Crippen molar-refractivity contribution >= 4 is 5.82 Å². The van der Waals surface area contributed by atoms with Crippen LogP contribution in [0.4, 0.5) is 5.82 Å². The van der Waals surface area contributed by atoms with Crippen molar-refractivity contribution in [3.63, 3.8) is 0 Å². The lowest BCUT2D eigenvalue weighted by molar-refractivity contribution is 0.326. The van der Waals surface area contributed by atoms with Gasteiger partial charge in [-0.1, -0.05) is 0 Å². The minimum Gasteiger partial charge on any atom is -0.366 e. The van der Waals surface area contributed by atoms with Crippen LogP contribution in [0.25, 0.3) is 0 Å². The van der Waals surface area contributed by atoms with Gasteiger partial charge in [-0.15, -0.1) is 5.10 Å². The van der Waals surface area contributed by atoms with E-state index in [0.717, 1.165) is 6.54 Å². The second-order valence-electron chi connectivity index (χ2n) is 3.60. The number of aromatic nitrogens is 2. The number of nitrogens with zero attached hydrogens (tertiary/aromatic N) is 4. The average molecular weight is 205 g/mol. The zero-order valence-corrected chi connectivity index (χ0v) is 9.23. The van der Waals surface area contributed by atoms with E-state index >= 15 is 0 Å². The number of likely N-dealkylation sites (N-methyl/N-ethyl adjacent to an activating group) is 1. The molecule has 5 heteroatoms. The van der Waals surface area contributed by atoms with Crippen LogP contribution in [0.15, 0.2) is 12.3 Å². The lowest BCUT2D eigenvalue weighted by Crippen LogP contribution is -2.31. The van der Waals surface area contributed by atoms with E-state index in [2.05, 4.69) is 33.4 Å². The molecule has 0 saturated carbocycles. The highest BCUT2D eigenvalue weighted by atomic mass is 15.2. The summed E-state index contributed by atoms with van der Waals surface area (Å²) in [6, 6.07) is 4.09. The van der Waals surface area contributed by atoms with Crippen LogP contribution in [0.1, 0.15) is 12.5 Å². The van der Waals surface area contributed by atoms with Crippen LogP contribution in [0.3, 0.4) is 0 Å². The van der Waals surface area contributed by atoms with Crippen molar-refractivity contribution in [2.45, 2.75) is 13.0 Å². The first-order valence-corrected chi connectivity index (χ1v) is 4.77. The van der Waals surface area contributed by atoms with Gasteiger partial charge in [0.15, 0.2) is 5.82 Å². The van der Waals surface area contributed by atoms with E-state index in [9.17, 15) is 0 Å². The van der Waals surface area contributed by atoms with Crippen molar-refractivity contribution in [2.75, 3.05) is 26.0 Å². The van der Waals surface area contributed by atoms with E-state index in [1.54, 1.807) is 6.07 Å². The fourth-order valence-electron chi connectivity index (χ4n) is 0.979. The molecule has 5 nitrogen and oxygen atoms in total. The number of rotatable bonds is 4. The van der Waals surface area contributed by atoms with Crippen LogP contribution in [-0.4, -0.2) is 41.8 Å². The Hall–Kier alpha value is -1.67. The lowest BCUT2D eigenvalue weighted by atomic mass is 10.3. The van der Waals surface area contributed by atoms with E-state index in [4.69, 9.17) is 5.26 Å². The van der Waals surface area contributed by atoms with Crippen molar-refractivity contribution in [1.82, 2.24) is 15.1 Å². The van der Waals surface area contributed by atoms with Crippen molar-refractivity contribution in [3.8, 4) is 6.07 Å². The highest BCUT2D eigenvalue weighted by molar-refractivity contribution is 5.50. The summed E-state index contributed by atoms with van der Waals surface area (Å²) >= 11 is 0. The van der Waals surface area contributed by atoms with E-state index < -0.39 is 0 Å². The Morgan fingerprint density at radius 2 is 2.33 bits per heavy atom. The Bertz CT molecular complexity index is 355. The summed E-state index contributed by atoms with van der Waals surface area (Å²) in [5, 5.41) is 19.5. The fraction of sp³-hybridized carbons (Fsp3) is 0.500. The van der Waals surface area contributed by atoms with Crippen LogP contribution in [0.2, 0.25) is 0 Å². The van der Waals surface area contributed by atoms with Crippen molar-refractivity contribution < 1.29 is 0 Å². The van der Waals surface area contributed by atoms with Gasteiger partial charge >= 0.3 is 0 Å². The van der Waals surface area contributed by atoms with Gasteiger partial charge in [0.1, 0.15) is 6.07 Å². The second-order valence-corrected chi connectivity index (χ2v) is 3.60. The van der Waals surface area contributed by atoms with Gasteiger partial charge in [-0.25, -0.2) is 0 Å². The molecule has 0 aliphatic rings. The highest BCUT2D eigenvalue weighted by Crippen LogP contribution is 2.08. The van der Waals surface area contributed by atoms with Crippen molar-refractivity contribution in [3.05, 3.63) is 17.8 Å². The van der Waals surface area contributed by atoms with Gasteiger partial charge in [0, 0.05) is 12.6 Å². The van der Waals surface area contributed by atoms with Crippen LogP contribution in [-0.2, 0) is 0 Å². The molecule has 0 amide bonds. The van der Waals surface area contributed by atoms with E-state index in [1.807, 2.05) is 14.1 Å². The first kappa shape index (κ1) is 11.4. The number of hydrogen-bond donors (Lipinski definition) is 1. The molecule has 0 saturated heterocycles. The molecule has 1 atom stereocenters. The smallest absolute Gasteiger partial charge is 0.166 e. The third-order valence-electron chi connectivity index (χ3n) is 2.29. The third-order valence-corrected chi connectivity index (χ3v) is 2.29. The highest BCUT2D eigenvalue weighted by Gasteiger charge is 2.07. The maximum atomic E-state index is 8.82. The Morgan fingerprint density at radius 1 is 1.60 bits per heavy atom. The molecule has 0 spiro atoms. The minimum absolute atomic E-state index is 0.374. The predicted molar refractivity (Wildman–Crippen MR) is 58.4 cm³/mol. The van der Waals surface area contributed by atoms with Gasteiger partial charge in [-0.3, -0.25) is 0 Å². The van der Waals surface area contributed by atoms with Crippen LogP contribution >= 0.6 is 0 Å². The first-order chi connectivity index (χ1) is 7.15. The number of nitrogens with one attached hydrogen (secondary N) is 1. The summed E-state index contributed by atoms with van der Waals surface area (Å²) in [4.78, 5) is 2.09. The molecule has 1 aromatic heterocycles. The van der Waals surface area contributed by atoms with Crippen LogP contribution in [0.5, 0.6) is 0 Å². The average Bonchev–Trinajstić information content (AvgIpc) is 2.26. The summed E-state index contributed by atoms with van der Waals surface area (Å²) in [7, 11) is 4.02. The summed E-state index contributed by atoms with van der Waals surface area (Å²) < 4.78 is 0. The summed E-state index contributed by atoms with van der Waals surface area (Å²) in [6.45, 7) is 2.83. The molecule has 1 unspecified atom stereocenters. The molecule has 1 aromatic rings. The maximum Gasteiger partial charge on any atom is 0.166 e. The minimum atomic E-state index is 0.374. The summed E-state index contributed by atoms with van der Waals surface area (Å²) in [5.41, 5.74) is 0.524. The molecule has 1 rings (SSSR count). The molecular formula is C10H15N5. The molecule has 0 aromatic carbocycles. The molecule has 80 valence electrons. The molecular weight excluding hydrogens is 190 g/mol. The van der Waals surface area contributed by atoms with Gasteiger partial charge in [0.2, 0.25) is 0 Å². The van der Waals surface area contributed by atoms with E-state index in [1.165, 1.54) is 6.20 Å². The third kappa shape index (κ3) is 3.18. The second kappa shape index (κ2) is 5.27. The van der Waals surface area contributed by atoms with Crippen LogP contribution in [0, 0.1) is 11.3 Å². The molecule has 0 fully saturated rings. The van der Waals surface area contributed by atoms with Crippen molar-refractivity contribution in [2.24, 2.45) is 0 Å². The number of nitriles is 1. The van der Waals surface area contributed by atoms with Gasteiger partial charge in [-0.05, 0) is 27.1 Å². The summed E-state index contributed by atoms with van der Waals surface area (Å²) in [6.07, 6.45) is 1.51. The molecule has 0 aliphatic heterocycles. The zero-order valence-electron chi connectivity index (χ0n) is 9.23. The van der Waals surface area contributed by atoms with Gasteiger partial charge in [0.05, 0.1) is 11.8 Å². The number of hydrogen-bond acceptors (Lipinski definition) is 5. The zero-order chi connectivity index (χ0) is 11.3. The standard InChI is InChI=1S/C10H15N5/c1-8(15(2)3)7-12-10-9(6-11)4-5-13-14-10/h4-5,8H,7H2,1-3H3,(H,12,14). The molecule has 0 radical (unpaired) electrons. The quantitative estimate of drug-likeness (QED) is 0.784. The van der Waals surface area contributed by atoms with Crippen molar-refractivity contribution in [1.29, 1.82) is 5.26 Å².